The molecule has 0 aliphatic rings. The number of likely N-dealkylation sites (N-methyl/N-ethyl adjacent to an activating group) is 1. The first-order valence-electron chi connectivity index (χ1n) is 6.32. The topological polar surface area (TPSA) is 84.4 Å². The predicted molar refractivity (Wildman–Crippen MR) is 74.8 cm³/mol. The summed E-state index contributed by atoms with van der Waals surface area (Å²) in [5.41, 5.74) is 7.57. The fraction of sp³-hybridized carbons (Fsp3) is 0.385. The van der Waals surface area contributed by atoms with Gasteiger partial charge in [-0.2, -0.15) is 4.98 Å². The van der Waals surface area contributed by atoms with Crippen molar-refractivity contribution >= 4 is 28.7 Å². The quantitative estimate of drug-likeness (QED) is 0.801. The maximum atomic E-state index is 11.8. The maximum Gasteiger partial charge on any atom is 0.296 e. The summed E-state index contributed by atoms with van der Waals surface area (Å²) in [6, 6.07) is 5.66. The zero-order chi connectivity index (χ0) is 13.8. The fourth-order valence-corrected chi connectivity index (χ4v) is 1.88. The van der Waals surface area contributed by atoms with Crippen molar-refractivity contribution < 1.29 is 9.21 Å². The van der Waals surface area contributed by atoms with Gasteiger partial charge in [0.2, 0.25) is 5.91 Å². The molecule has 6 nitrogen and oxygen atoms in total. The van der Waals surface area contributed by atoms with E-state index in [1.807, 2.05) is 13.8 Å². The normalized spacial score (nSPS) is 10.6. The summed E-state index contributed by atoms with van der Waals surface area (Å²) < 4.78 is 5.47. The van der Waals surface area contributed by atoms with E-state index in [2.05, 4.69) is 10.3 Å². The second-order valence-electron chi connectivity index (χ2n) is 4.13. The molecule has 0 saturated carbocycles. The van der Waals surface area contributed by atoms with Crippen LogP contribution in [0.2, 0.25) is 0 Å². The number of hydrogen-bond acceptors (Lipinski definition) is 5. The molecule has 6 heteroatoms. The average Bonchev–Trinajstić information content (AvgIpc) is 2.82. The Morgan fingerprint density at radius 3 is 2.79 bits per heavy atom. The first kappa shape index (κ1) is 13.2. The van der Waals surface area contributed by atoms with Crippen molar-refractivity contribution in [2.75, 3.05) is 30.7 Å². The molecule has 0 spiro atoms. The summed E-state index contributed by atoms with van der Waals surface area (Å²) in [6.07, 6.45) is 0. The third-order valence-corrected chi connectivity index (χ3v) is 2.96. The number of para-hydroxylation sites is 1. The van der Waals surface area contributed by atoms with Gasteiger partial charge in [-0.3, -0.25) is 4.79 Å². The van der Waals surface area contributed by atoms with Gasteiger partial charge in [-0.15, -0.1) is 0 Å². The molecule has 0 unspecified atom stereocenters. The zero-order valence-electron chi connectivity index (χ0n) is 11.1. The van der Waals surface area contributed by atoms with Crippen molar-refractivity contribution in [2.24, 2.45) is 0 Å². The number of rotatable bonds is 5. The van der Waals surface area contributed by atoms with Crippen molar-refractivity contribution in [1.29, 1.82) is 0 Å². The number of oxazole rings is 1. The number of fused-ring (bicyclic) bond motifs is 1. The number of anilines is 2. The zero-order valence-corrected chi connectivity index (χ0v) is 11.1. The molecule has 19 heavy (non-hydrogen) atoms. The Hall–Kier alpha value is -2.24. The monoisotopic (exact) mass is 262 g/mol. The number of carbonyl (C=O) groups is 1. The third kappa shape index (κ3) is 2.78. The number of nitrogens with zero attached hydrogens (tertiary/aromatic N) is 2. The largest absolute Gasteiger partial charge is 0.423 e. The average molecular weight is 262 g/mol. The highest BCUT2D eigenvalue weighted by molar-refractivity contribution is 5.87. The van der Waals surface area contributed by atoms with E-state index in [-0.39, 0.29) is 12.5 Å². The van der Waals surface area contributed by atoms with Crippen LogP contribution in [0.3, 0.4) is 0 Å². The highest BCUT2D eigenvalue weighted by Crippen LogP contribution is 2.23. The molecule has 1 aromatic carbocycles. The minimum Gasteiger partial charge on any atom is -0.423 e. The van der Waals surface area contributed by atoms with E-state index in [1.165, 1.54) is 0 Å². The van der Waals surface area contributed by atoms with Gasteiger partial charge in [0, 0.05) is 13.1 Å². The van der Waals surface area contributed by atoms with Crippen molar-refractivity contribution in [1.82, 2.24) is 9.88 Å². The van der Waals surface area contributed by atoms with Crippen LogP contribution in [0.1, 0.15) is 13.8 Å². The van der Waals surface area contributed by atoms with E-state index >= 15 is 0 Å². The van der Waals surface area contributed by atoms with Crippen LogP contribution >= 0.6 is 0 Å². The van der Waals surface area contributed by atoms with Crippen molar-refractivity contribution in [2.45, 2.75) is 13.8 Å². The van der Waals surface area contributed by atoms with E-state index in [9.17, 15) is 4.79 Å². The van der Waals surface area contributed by atoms with E-state index in [0.717, 1.165) is 0 Å². The molecule has 0 aliphatic carbocycles. The van der Waals surface area contributed by atoms with Crippen LogP contribution in [0.4, 0.5) is 11.7 Å². The van der Waals surface area contributed by atoms with E-state index < -0.39 is 0 Å². The SMILES string of the molecule is CCN(CC)C(=O)CNc1nc2c(N)cccc2o1. The fourth-order valence-electron chi connectivity index (χ4n) is 1.88. The van der Waals surface area contributed by atoms with Crippen LogP contribution in [-0.4, -0.2) is 35.4 Å². The molecule has 0 bridgehead atoms. The highest BCUT2D eigenvalue weighted by Gasteiger charge is 2.12. The third-order valence-electron chi connectivity index (χ3n) is 2.96. The highest BCUT2D eigenvalue weighted by atomic mass is 16.4. The molecule has 0 saturated heterocycles. The number of nitrogens with two attached hydrogens (primary N) is 1. The molecule has 0 aliphatic heterocycles. The number of aromatic nitrogens is 1. The summed E-state index contributed by atoms with van der Waals surface area (Å²) in [6.45, 7) is 5.44. The number of benzene rings is 1. The Kier molecular flexibility index (Phi) is 3.89. The Labute approximate surface area is 111 Å². The number of hydrogen-bond donors (Lipinski definition) is 2. The number of nitrogens with one attached hydrogen (secondary N) is 1. The molecular weight excluding hydrogens is 244 g/mol. The first-order chi connectivity index (χ1) is 9.15. The van der Waals surface area contributed by atoms with Gasteiger partial charge >= 0.3 is 0 Å². The second kappa shape index (κ2) is 5.60. The summed E-state index contributed by atoms with van der Waals surface area (Å²) in [7, 11) is 0. The van der Waals surface area contributed by atoms with Crippen LogP contribution in [0, 0.1) is 0 Å². The smallest absolute Gasteiger partial charge is 0.296 e. The number of carbonyl (C=O) groups excluding carboxylic acids is 1. The molecule has 2 aromatic rings. The molecule has 1 aromatic heterocycles. The first-order valence-corrected chi connectivity index (χ1v) is 6.32. The van der Waals surface area contributed by atoms with Crippen LogP contribution in [0.25, 0.3) is 11.1 Å². The lowest BCUT2D eigenvalue weighted by Crippen LogP contribution is -2.35. The lowest BCUT2D eigenvalue weighted by Gasteiger charge is -2.18. The van der Waals surface area contributed by atoms with Crippen LogP contribution in [-0.2, 0) is 4.79 Å². The lowest BCUT2D eigenvalue weighted by molar-refractivity contribution is -0.128. The van der Waals surface area contributed by atoms with Gasteiger partial charge in [0.15, 0.2) is 5.58 Å². The molecule has 1 heterocycles. The number of nitrogen functional groups attached to an aromatic ring is 1. The van der Waals surface area contributed by atoms with E-state index in [0.29, 0.717) is 35.9 Å². The standard InChI is InChI=1S/C13H18N4O2/c1-3-17(4-2)11(18)8-15-13-16-12-9(14)6-5-7-10(12)19-13/h5-7H,3-4,8,14H2,1-2H3,(H,15,16). The van der Waals surface area contributed by atoms with Crippen LogP contribution < -0.4 is 11.1 Å². The van der Waals surface area contributed by atoms with Crippen LogP contribution in [0.5, 0.6) is 0 Å². The van der Waals surface area contributed by atoms with Gasteiger partial charge in [0.1, 0.15) is 5.52 Å². The number of amides is 1. The summed E-state index contributed by atoms with van der Waals surface area (Å²) >= 11 is 0. The molecule has 102 valence electrons. The molecule has 0 radical (unpaired) electrons. The Balaban J connectivity index is 2.06. The minimum absolute atomic E-state index is 0.0141. The minimum atomic E-state index is 0.0141. The molecule has 0 fully saturated rings. The van der Waals surface area contributed by atoms with Gasteiger partial charge in [-0.25, -0.2) is 0 Å². The molecule has 3 N–H and O–H groups in total. The van der Waals surface area contributed by atoms with Gasteiger partial charge in [0.25, 0.3) is 6.01 Å². The van der Waals surface area contributed by atoms with Crippen molar-refractivity contribution in [3.63, 3.8) is 0 Å². The van der Waals surface area contributed by atoms with Gasteiger partial charge in [-0.05, 0) is 26.0 Å². The van der Waals surface area contributed by atoms with Gasteiger partial charge in [0.05, 0.1) is 12.2 Å². The van der Waals surface area contributed by atoms with Gasteiger partial charge in [-0.1, -0.05) is 6.07 Å². The van der Waals surface area contributed by atoms with E-state index in [4.69, 9.17) is 10.2 Å². The second-order valence-corrected chi connectivity index (χ2v) is 4.13. The molecule has 1 amide bonds. The Morgan fingerprint density at radius 2 is 2.16 bits per heavy atom. The van der Waals surface area contributed by atoms with Gasteiger partial charge < -0.3 is 20.4 Å². The van der Waals surface area contributed by atoms with Crippen molar-refractivity contribution in [3.05, 3.63) is 18.2 Å². The summed E-state index contributed by atoms with van der Waals surface area (Å²) in [4.78, 5) is 17.8. The summed E-state index contributed by atoms with van der Waals surface area (Å²) in [5, 5.41) is 2.89. The maximum absolute atomic E-state index is 11.8. The molecule has 2 rings (SSSR count). The Bertz CT molecular complexity index is 575. The lowest BCUT2D eigenvalue weighted by atomic mass is 10.3. The van der Waals surface area contributed by atoms with Crippen molar-refractivity contribution in [3.8, 4) is 0 Å². The predicted octanol–water partition coefficient (Wildman–Crippen LogP) is 1.69. The summed E-state index contributed by atoms with van der Waals surface area (Å²) in [5.74, 6) is 0.0141. The molecule has 0 atom stereocenters. The van der Waals surface area contributed by atoms with Crippen LogP contribution in [0.15, 0.2) is 22.6 Å². The van der Waals surface area contributed by atoms with E-state index in [1.54, 1.807) is 23.1 Å². The molecular formula is C13H18N4O2. The Morgan fingerprint density at radius 1 is 1.42 bits per heavy atom.